The number of nitrogens with one attached hydrogen (secondary N) is 1. The minimum absolute atomic E-state index is 0.191. The van der Waals surface area contributed by atoms with Gasteiger partial charge in [-0.05, 0) is 36.6 Å². The zero-order valence-corrected chi connectivity index (χ0v) is 13.6. The summed E-state index contributed by atoms with van der Waals surface area (Å²) in [5, 5.41) is 3.44. The molecular weight excluding hydrogens is 274 g/mol. The van der Waals surface area contributed by atoms with E-state index in [4.69, 9.17) is 9.47 Å². The molecule has 0 aliphatic carbocycles. The minimum Gasteiger partial charge on any atom is -0.493 e. The summed E-state index contributed by atoms with van der Waals surface area (Å²) in [6.07, 6.45) is 1.17. The SMILES string of the molecule is CCC(C)Oc1ccc(CNCc2ccccc2)cc1OC. The maximum Gasteiger partial charge on any atom is 0.161 e. The van der Waals surface area contributed by atoms with Crippen LogP contribution in [0.5, 0.6) is 11.5 Å². The van der Waals surface area contributed by atoms with Gasteiger partial charge in [0.25, 0.3) is 0 Å². The van der Waals surface area contributed by atoms with Crippen molar-refractivity contribution in [3.63, 3.8) is 0 Å². The smallest absolute Gasteiger partial charge is 0.161 e. The predicted octanol–water partition coefficient (Wildman–Crippen LogP) is 4.16. The van der Waals surface area contributed by atoms with Crippen LogP contribution in [0.1, 0.15) is 31.4 Å². The highest BCUT2D eigenvalue weighted by molar-refractivity contribution is 5.43. The standard InChI is InChI=1S/C19H25NO2/c1-4-15(2)22-18-11-10-17(12-19(18)21-3)14-20-13-16-8-6-5-7-9-16/h5-12,15,20H,4,13-14H2,1-3H3. The fourth-order valence-electron chi connectivity index (χ4n) is 2.17. The van der Waals surface area contributed by atoms with Crippen LogP contribution in [0, 0.1) is 0 Å². The van der Waals surface area contributed by atoms with Crippen molar-refractivity contribution in [1.82, 2.24) is 5.32 Å². The number of benzene rings is 2. The first kappa shape index (κ1) is 16.4. The van der Waals surface area contributed by atoms with Crippen LogP contribution >= 0.6 is 0 Å². The van der Waals surface area contributed by atoms with Gasteiger partial charge in [0.1, 0.15) is 0 Å². The van der Waals surface area contributed by atoms with E-state index in [2.05, 4.69) is 49.5 Å². The number of hydrogen-bond donors (Lipinski definition) is 1. The number of hydrogen-bond acceptors (Lipinski definition) is 3. The predicted molar refractivity (Wildman–Crippen MR) is 90.4 cm³/mol. The Bertz CT molecular complexity index is 569. The first-order valence-corrected chi connectivity index (χ1v) is 7.81. The molecule has 0 aliphatic rings. The fraction of sp³-hybridized carbons (Fsp3) is 0.368. The van der Waals surface area contributed by atoms with E-state index in [1.54, 1.807) is 7.11 Å². The highest BCUT2D eigenvalue weighted by Gasteiger charge is 2.08. The van der Waals surface area contributed by atoms with Crippen molar-refractivity contribution in [2.24, 2.45) is 0 Å². The van der Waals surface area contributed by atoms with Crippen LogP contribution in [0.2, 0.25) is 0 Å². The van der Waals surface area contributed by atoms with Gasteiger partial charge in [0, 0.05) is 13.1 Å². The molecule has 0 saturated heterocycles. The summed E-state index contributed by atoms with van der Waals surface area (Å²) in [7, 11) is 1.68. The Labute approximate surface area is 133 Å². The summed E-state index contributed by atoms with van der Waals surface area (Å²) in [4.78, 5) is 0. The maximum atomic E-state index is 5.87. The van der Waals surface area contributed by atoms with Gasteiger partial charge in [-0.25, -0.2) is 0 Å². The van der Waals surface area contributed by atoms with Crippen molar-refractivity contribution in [2.45, 2.75) is 39.5 Å². The Morgan fingerprint density at radius 3 is 2.36 bits per heavy atom. The summed E-state index contributed by atoms with van der Waals surface area (Å²) < 4.78 is 11.3. The van der Waals surface area contributed by atoms with Gasteiger partial charge in [-0.2, -0.15) is 0 Å². The number of rotatable bonds is 8. The van der Waals surface area contributed by atoms with E-state index < -0.39 is 0 Å². The molecule has 1 unspecified atom stereocenters. The lowest BCUT2D eigenvalue weighted by Gasteiger charge is -2.16. The molecule has 118 valence electrons. The molecule has 3 heteroatoms. The molecule has 0 heterocycles. The quantitative estimate of drug-likeness (QED) is 0.794. The van der Waals surface area contributed by atoms with Crippen LogP contribution in [0.3, 0.4) is 0 Å². The third-order valence-corrected chi connectivity index (χ3v) is 3.63. The fourth-order valence-corrected chi connectivity index (χ4v) is 2.17. The summed E-state index contributed by atoms with van der Waals surface area (Å²) in [5.74, 6) is 1.60. The van der Waals surface area contributed by atoms with Gasteiger partial charge in [0.15, 0.2) is 11.5 Å². The van der Waals surface area contributed by atoms with E-state index in [1.165, 1.54) is 11.1 Å². The lowest BCUT2D eigenvalue weighted by molar-refractivity contribution is 0.207. The molecule has 0 amide bonds. The van der Waals surface area contributed by atoms with Crippen molar-refractivity contribution >= 4 is 0 Å². The normalized spacial score (nSPS) is 12.0. The van der Waals surface area contributed by atoms with Crippen LogP contribution in [0.15, 0.2) is 48.5 Å². The summed E-state index contributed by atoms with van der Waals surface area (Å²) >= 11 is 0. The Morgan fingerprint density at radius 1 is 0.955 bits per heavy atom. The molecule has 0 aromatic heterocycles. The Kier molecular flexibility index (Phi) is 6.28. The molecule has 0 aliphatic heterocycles. The minimum atomic E-state index is 0.191. The highest BCUT2D eigenvalue weighted by Crippen LogP contribution is 2.29. The average molecular weight is 299 g/mol. The van der Waals surface area contributed by atoms with Crippen molar-refractivity contribution in [2.75, 3.05) is 7.11 Å². The molecule has 0 fully saturated rings. The molecule has 2 rings (SSSR count). The van der Waals surface area contributed by atoms with E-state index in [-0.39, 0.29) is 6.10 Å². The second-order valence-electron chi connectivity index (χ2n) is 5.41. The third kappa shape index (κ3) is 4.78. The van der Waals surface area contributed by atoms with Crippen molar-refractivity contribution in [3.8, 4) is 11.5 Å². The molecule has 22 heavy (non-hydrogen) atoms. The number of ether oxygens (including phenoxy) is 2. The first-order valence-electron chi connectivity index (χ1n) is 7.81. The average Bonchev–Trinajstić information content (AvgIpc) is 2.56. The molecule has 1 N–H and O–H groups in total. The second kappa shape index (κ2) is 8.44. The zero-order valence-electron chi connectivity index (χ0n) is 13.6. The molecule has 2 aromatic carbocycles. The summed E-state index contributed by atoms with van der Waals surface area (Å²) in [6, 6.07) is 16.5. The molecule has 0 spiro atoms. The largest absolute Gasteiger partial charge is 0.493 e. The van der Waals surface area contributed by atoms with Crippen molar-refractivity contribution in [3.05, 3.63) is 59.7 Å². The molecule has 0 bridgehead atoms. The summed E-state index contributed by atoms with van der Waals surface area (Å²) in [5.41, 5.74) is 2.47. The van der Waals surface area contributed by atoms with E-state index in [0.29, 0.717) is 0 Å². The number of methoxy groups -OCH3 is 1. The van der Waals surface area contributed by atoms with Crippen LogP contribution in [0.4, 0.5) is 0 Å². The van der Waals surface area contributed by atoms with Gasteiger partial charge in [-0.15, -0.1) is 0 Å². The van der Waals surface area contributed by atoms with Gasteiger partial charge < -0.3 is 14.8 Å². The lowest BCUT2D eigenvalue weighted by Crippen LogP contribution is -2.13. The van der Waals surface area contributed by atoms with Gasteiger partial charge in [-0.1, -0.05) is 43.3 Å². The maximum absolute atomic E-state index is 5.87. The van der Waals surface area contributed by atoms with E-state index in [1.807, 2.05) is 18.2 Å². The van der Waals surface area contributed by atoms with E-state index in [0.717, 1.165) is 31.0 Å². The van der Waals surface area contributed by atoms with Crippen LogP contribution < -0.4 is 14.8 Å². The van der Waals surface area contributed by atoms with Gasteiger partial charge in [-0.3, -0.25) is 0 Å². The van der Waals surface area contributed by atoms with Crippen LogP contribution in [-0.2, 0) is 13.1 Å². The third-order valence-electron chi connectivity index (χ3n) is 3.63. The van der Waals surface area contributed by atoms with Gasteiger partial charge >= 0.3 is 0 Å². The highest BCUT2D eigenvalue weighted by atomic mass is 16.5. The van der Waals surface area contributed by atoms with Crippen LogP contribution in [0.25, 0.3) is 0 Å². The van der Waals surface area contributed by atoms with Crippen molar-refractivity contribution < 1.29 is 9.47 Å². The molecular formula is C19H25NO2. The van der Waals surface area contributed by atoms with Crippen molar-refractivity contribution in [1.29, 1.82) is 0 Å². The monoisotopic (exact) mass is 299 g/mol. The van der Waals surface area contributed by atoms with Crippen LogP contribution in [-0.4, -0.2) is 13.2 Å². The molecule has 1 atom stereocenters. The zero-order chi connectivity index (χ0) is 15.8. The first-order chi connectivity index (χ1) is 10.7. The summed E-state index contributed by atoms with van der Waals surface area (Å²) in [6.45, 7) is 5.83. The Morgan fingerprint density at radius 2 is 1.68 bits per heavy atom. The molecule has 0 radical (unpaired) electrons. The van der Waals surface area contributed by atoms with E-state index >= 15 is 0 Å². The lowest BCUT2D eigenvalue weighted by atomic mass is 10.2. The Balaban J connectivity index is 1.94. The van der Waals surface area contributed by atoms with E-state index in [9.17, 15) is 0 Å². The second-order valence-corrected chi connectivity index (χ2v) is 5.41. The molecule has 0 saturated carbocycles. The Hall–Kier alpha value is -2.00. The van der Waals surface area contributed by atoms with Gasteiger partial charge in [0.05, 0.1) is 13.2 Å². The van der Waals surface area contributed by atoms with Gasteiger partial charge in [0.2, 0.25) is 0 Å². The molecule has 2 aromatic rings. The molecule has 3 nitrogen and oxygen atoms in total. The topological polar surface area (TPSA) is 30.5 Å².